The van der Waals surface area contributed by atoms with Crippen molar-refractivity contribution in [3.05, 3.63) is 0 Å². The van der Waals surface area contributed by atoms with E-state index in [2.05, 4.69) is 25.7 Å². The van der Waals surface area contributed by atoms with E-state index >= 15 is 0 Å². The molecular formula is C11H20N2O2. The molecule has 2 rings (SSSR count). The minimum Gasteiger partial charge on any atom is -0.363 e. The molecule has 86 valence electrons. The second-order valence-corrected chi connectivity index (χ2v) is 4.79. The quantitative estimate of drug-likeness (QED) is 0.619. The third kappa shape index (κ3) is 2.32. The van der Waals surface area contributed by atoms with Crippen molar-refractivity contribution in [2.45, 2.75) is 39.0 Å². The Morgan fingerprint density at radius 1 is 1.40 bits per heavy atom. The third-order valence-corrected chi connectivity index (χ3v) is 3.26. The van der Waals surface area contributed by atoms with Gasteiger partial charge in [-0.25, -0.2) is 0 Å². The van der Waals surface area contributed by atoms with E-state index in [1.165, 1.54) is 0 Å². The zero-order valence-corrected chi connectivity index (χ0v) is 9.77. The van der Waals surface area contributed by atoms with Crippen molar-refractivity contribution in [1.82, 2.24) is 9.80 Å². The first kappa shape index (κ1) is 10.9. The number of epoxide rings is 1. The summed E-state index contributed by atoms with van der Waals surface area (Å²) in [6.07, 6.45) is -0.122. The van der Waals surface area contributed by atoms with Crippen molar-refractivity contribution in [2.75, 3.05) is 26.2 Å². The molecule has 1 amide bonds. The van der Waals surface area contributed by atoms with Gasteiger partial charge in [-0.3, -0.25) is 9.69 Å². The molecule has 0 N–H and O–H groups in total. The van der Waals surface area contributed by atoms with Crippen LogP contribution in [0.1, 0.15) is 20.8 Å². The summed E-state index contributed by atoms with van der Waals surface area (Å²) in [4.78, 5) is 16.2. The molecule has 0 aromatic heterocycles. The van der Waals surface area contributed by atoms with Crippen molar-refractivity contribution >= 4 is 5.91 Å². The van der Waals surface area contributed by atoms with E-state index in [-0.39, 0.29) is 12.0 Å². The van der Waals surface area contributed by atoms with Gasteiger partial charge in [-0.15, -0.1) is 0 Å². The van der Waals surface area contributed by atoms with E-state index in [1.807, 2.05) is 4.90 Å². The molecule has 0 saturated carbocycles. The van der Waals surface area contributed by atoms with E-state index in [1.54, 1.807) is 0 Å². The van der Waals surface area contributed by atoms with Crippen molar-refractivity contribution in [2.24, 2.45) is 0 Å². The zero-order valence-electron chi connectivity index (χ0n) is 9.77. The first-order valence-corrected chi connectivity index (χ1v) is 5.75. The first-order valence-electron chi connectivity index (χ1n) is 5.75. The van der Waals surface area contributed by atoms with Crippen LogP contribution < -0.4 is 0 Å². The Hall–Kier alpha value is -0.610. The highest BCUT2D eigenvalue weighted by Crippen LogP contribution is 2.18. The highest BCUT2D eigenvalue weighted by atomic mass is 16.6. The summed E-state index contributed by atoms with van der Waals surface area (Å²) in [6.45, 7) is 9.90. The predicted molar refractivity (Wildman–Crippen MR) is 57.6 cm³/mol. The van der Waals surface area contributed by atoms with Gasteiger partial charge in [-0.2, -0.15) is 0 Å². The van der Waals surface area contributed by atoms with Crippen LogP contribution in [-0.2, 0) is 9.53 Å². The van der Waals surface area contributed by atoms with Gasteiger partial charge in [-0.05, 0) is 20.8 Å². The maximum atomic E-state index is 11.8. The lowest BCUT2D eigenvalue weighted by atomic mass is 10.1. The standard InChI is InChI=1S/C11H20N2O2/c1-8(2)13-5-4-12(6-9(13)3)11(14)10-7-15-10/h8-10H,4-7H2,1-3H3. The predicted octanol–water partition coefficient (Wildman–Crippen LogP) is 0.326. The van der Waals surface area contributed by atoms with Crippen LogP contribution in [0.15, 0.2) is 0 Å². The molecule has 0 radical (unpaired) electrons. The molecule has 0 bridgehead atoms. The highest BCUT2D eigenvalue weighted by Gasteiger charge is 2.37. The van der Waals surface area contributed by atoms with Crippen LogP contribution in [0.25, 0.3) is 0 Å². The molecule has 2 unspecified atom stereocenters. The molecule has 2 heterocycles. The number of ether oxygens (including phenoxy) is 1. The van der Waals surface area contributed by atoms with Gasteiger partial charge in [0.05, 0.1) is 6.61 Å². The van der Waals surface area contributed by atoms with Gasteiger partial charge in [0.2, 0.25) is 0 Å². The summed E-state index contributed by atoms with van der Waals surface area (Å²) < 4.78 is 5.03. The van der Waals surface area contributed by atoms with Crippen LogP contribution in [0.3, 0.4) is 0 Å². The van der Waals surface area contributed by atoms with Gasteiger partial charge >= 0.3 is 0 Å². The monoisotopic (exact) mass is 212 g/mol. The Labute approximate surface area is 91.2 Å². The van der Waals surface area contributed by atoms with E-state index in [0.29, 0.717) is 18.7 Å². The summed E-state index contributed by atoms with van der Waals surface area (Å²) in [5.74, 6) is 0.185. The zero-order chi connectivity index (χ0) is 11.0. The lowest BCUT2D eigenvalue weighted by molar-refractivity contribution is -0.135. The molecule has 2 atom stereocenters. The van der Waals surface area contributed by atoms with Crippen molar-refractivity contribution < 1.29 is 9.53 Å². The second kappa shape index (κ2) is 4.10. The first-order chi connectivity index (χ1) is 7.09. The molecular weight excluding hydrogens is 192 g/mol. The molecule has 0 aliphatic carbocycles. The largest absolute Gasteiger partial charge is 0.363 e. The molecule has 4 nitrogen and oxygen atoms in total. The molecule has 2 aliphatic heterocycles. The minimum atomic E-state index is -0.122. The second-order valence-electron chi connectivity index (χ2n) is 4.79. The van der Waals surface area contributed by atoms with Crippen LogP contribution in [-0.4, -0.2) is 60.1 Å². The van der Waals surface area contributed by atoms with Crippen LogP contribution in [0, 0.1) is 0 Å². The number of nitrogens with zero attached hydrogens (tertiary/aromatic N) is 2. The average Bonchev–Trinajstić information content (AvgIpc) is 2.99. The summed E-state index contributed by atoms with van der Waals surface area (Å²) >= 11 is 0. The van der Waals surface area contributed by atoms with Crippen LogP contribution in [0.2, 0.25) is 0 Å². The molecule has 0 aromatic rings. The SMILES string of the molecule is CC(C)N1CCN(C(=O)C2CO2)CC1C. The normalized spacial score (nSPS) is 32.1. The van der Waals surface area contributed by atoms with Crippen LogP contribution in [0.4, 0.5) is 0 Å². The number of hydrogen-bond acceptors (Lipinski definition) is 3. The molecule has 4 heteroatoms. The van der Waals surface area contributed by atoms with E-state index in [0.717, 1.165) is 19.6 Å². The summed E-state index contributed by atoms with van der Waals surface area (Å²) in [6, 6.07) is 1.02. The maximum absolute atomic E-state index is 11.8. The van der Waals surface area contributed by atoms with Crippen LogP contribution in [0.5, 0.6) is 0 Å². The molecule has 2 aliphatic rings. The van der Waals surface area contributed by atoms with E-state index < -0.39 is 0 Å². The van der Waals surface area contributed by atoms with E-state index in [9.17, 15) is 4.79 Å². The lowest BCUT2D eigenvalue weighted by Gasteiger charge is -2.41. The summed E-state index contributed by atoms with van der Waals surface area (Å²) in [7, 11) is 0. The van der Waals surface area contributed by atoms with Gasteiger partial charge in [-0.1, -0.05) is 0 Å². The summed E-state index contributed by atoms with van der Waals surface area (Å²) in [5, 5.41) is 0. The Kier molecular flexibility index (Phi) is 2.98. The molecule has 15 heavy (non-hydrogen) atoms. The maximum Gasteiger partial charge on any atom is 0.254 e. The fourth-order valence-corrected chi connectivity index (χ4v) is 2.33. The van der Waals surface area contributed by atoms with Gasteiger partial charge in [0.25, 0.3) is 5.91 Å². The van der Waals surface area contributed by atoms with Gasteiger partial charge < -0.3 is 9.64 Å². The van der Waals surface area contributed by atoms with Gasteiger partial charge in [0.1, 0.15) is 0 Å². The lowest BCUT2D eigenvalue weighted by Crippen LogP contribution is -2.56. The van der Waals surface area contributed by atoms with Gasteiger partial charge in [0.15, 0.2) is 6.10 Å². The fourth-order valence-electron chi connectivity index (χ4n) is 2.33. The number of piperazine rings is 1. The van der Waals surface area contributed by atoms with Crippen molar-refractivity contribution in [3.63, 3.8) is 0 Å². The number of hydrogen-bond donors (Lipinski definition) is 0. The number of carbonyl (C=O) groups is 1. The van der Waals surface area contributed by atoms with Crippen molar-refractivity contribution in [1.29, 1.82) is 0 Å². The molecule has 2 fully saturated rings. The van der Waals surface area contributed by atoms with Crippen molar-refractivity contribution in [3.8, 4) is 0 Å². The Morgan fingerprint density at radius 2 is 2.07 bits per heavy atom. The topological polar surface area (TPSA) is 36.1 Å². The van der Waals surface area contributed by atoms with Crippen LogP contribution >= 0.6 is 0 Å². The molecule has 0 spiro atoms. The smallest absolute Gasteiger partial charge is 0.254 e. The molecule has 0 aromatic carbocycles. The number of rotatable bonds is 2. The van der Waals surface area contributed by atoms with Gasteiger partial charge in [0, 0.05) is 31.7 Å². The Bertz CT molecular complexity index is 251. The highest BCUT2D eigenvalue weighted by molar-refractivity contribution is 5.83. The summed E-state index contributed by atoms with van der Waals surface area (Å²) in [5.41, 5.74) is 0. The minimum absolute atomic E-state index is 0.122. The third-order valence-electron chi connectivity index (χ3n) is 3.26. The average molecular weight is 212 g/mol. The number of amides is 1. The fraction of sp³-hybridized carbons (Fsp3) is 0.909. The Morgan fingerprint density at radius 3 is 2.53 bits per heavy atom. The van der Waals surface area contributed by atoms with E-state index in [4.69, 9.17) is 4.74 Å². The molecule has 2 saturated heterocycles. The Balaban J connectivity index is 1.89. The number of carbonyl (C=O) groups excluding carboxylic acids is 1.